The van der Waals surface area contributed by atoms with Gasteiger partial charge < -0.3 is 0 Å². The largest absolute Gasteiger partial charge is 0.197 e. The summed E-state index contributed by atoms with van der Waals surface area (Å²) in [5, 5.41) is 8.15. The average Bonchev–Trinajstić information content (AvgIpc) is 2.19. The van der Waals surface area contributed by atoms with Crippen LogP contribution in [0.25, 0.3) is 0 Å². The highest BCUT2D eigenvalue weighted by Crippen LogP contribution is 2.20. The molecule has 0 aliphatic carbocycles. The number of nitriles is 1. The second-order valence-electron chi connectivity index (χ2n) is 3.61. The Morgan fingerprint density at radius 1 is 1.27 bits per heavy atom. The number of hydrogen-bond acceptors (Lipinski definition) is 1. The third-order valence-electron chi connectivity index (χ3n) is 1.52. The molecule has 0 aromatic heterocycles. The summed E-state index contributed by atoms with van der Waals surface area (Å²) >= 11 is 4.49. The van der Waals surface area contributed by atoms with Gasteiger partial charge in [0.2, 0.25) is 0 Å². The molecule has 0 spiro atoms. The number of rotatable bonds is 1. The lowest BCUT2D eigenvalue weighted by Crippen LogP contribution is -2.01. The van der Waals surface area contributed by atoms with Crippen molar-refractivity contribution in [1.82, 2.24) is 0 Å². The number of benzene rings is 1. The highest BCUT2D eigenvalue weighted by Gasteiger charge is 2.07. The number of halogens is 2. The van der Waals surface area contributed by atoms with Crippen LogP contribution in [-0.4, -0.2) is 3.42 Å². The second kappa shape index (κ2) is 7.44. The van der Waals surface area contributed by atoms with Crippen molar-refractivity contribution in [3.63, 3.8) is 0 Å². The molecule has 1 aromatic carbocycles. The van der Waals surface area contributed by atoms with Crippen LogP contribution in [0.3, 0.4) is 0 Å². The summed E-state index contributed by atoms with van der Waals surface area (Å²) in [5.41, 5.74) is 1.40. The van der Waals surface area contributed by atoms with E-state index in [1.165, 1.54) is 5.56 Å². The number of nitrogens with zero attached hydrogens (tertiary/aromatic N) is 1. The molecule has 0 N–H and O–H groups in total. The van der Waals surface area contributed by atoms with Crippen LogP contribution in [0.5, 0.6) is 0 Å². The van der Waals surface area contributed by atoms with Gasteiger partial charge in [0.15, 0.2) is 0 Å². The maximum atomic E-state index is 8.15. The maximum Gasteiger partial charge on any atom is 0.103 e. The zero-order valence-electron chi connectivity index (χ0n) is 9.17. The molecule has 3 heteroatoms. The lowest BCUT2D eigenvalue weighted by Gasteiger charge is -1.99. The van der Waals surface area contributed by atoms with Crippen LogP contribution in [0.2, 0.25) is 0 Å². The minimum absolute atomic E-state index is 0.183. The number of alkyl halides is 2. The van der Waals surface area contributed by atoms with E-state index in [-0.39, 0.29) is 3.42 Å². The topological polar surface area (TPSA) is 23.8 Å². The fourth-order valence-corrected chi connectivity index (χ4v) is 1.13. The molecule has 82 valence electrons. The molecule has 1 unspecified atom stereocenters. The molecule has 0 radical (unpaired) electrons. The van der Waals surface area contributed by atoms with Gasteiger partial charge in [-0.15, -0.1) is 0 Å². The third kappa shape index (κ3) is 9.12. The fraction of sp³-hybridized carbons (Fsp3) is 0.417. The Labute approximate surface area is 120 Å². The van der Waals surface area contributed by atoms with Gasteiger partial charge in [0, 0.05) is 3.92 Å². The Bertz CT molecular complexity index is 307. The molecule has 1 aromatic rings. The molecule has 1 atom stereocenters. The summed E-state index contributed by atoms with van der Waals surface area (Å²) in [6.45, 7) is 5.93. The zero-order chi connectivity index (χ0) is 11.9. The SMILES string of the molecule is CC(C)(I)C#N.CC(I)c1ccccc1. The maximum absolute atomic E-state index is 8.15. The summed E-state index contributed by atoms with van der Waals surface area (Å²) < 4.78 is 0.446. The van der Waals surface area contributed by atoms with E-state index in [0.717, 1.165) is 0 Å². The summed E-state index contributed by atoms with van der Waals surface area (Å²) in [4.78, 5) is 0. The van der Waals surface area contributed by atoms with E-state index in [2.05, 4.69) is 82.4 Å². The normalized spacial score (nSPS) is 12.0. The van der Waals surface area contributed by atoms with Crippen LogP contribution >= 0.6 is 45.2 Å². The quantitative estimate of drug-likeness (QED) is 0.462. The van der Waals surface area contributed by atoms with E-state index < -0.39 is 0 Å². The van der Waals surface area contributed by atoms with E-state index in [1.807, 2.05) is 19.9 Å². The van der Waals surface area contributed by atoms with Crippen LogP contribution in [0, 0.1) is 11.3 Å². The Hall–Kier alpha value is 0.170. The summed E-state index contributed by atoms with van der Waals surface area (Å²) in [6, 6.07) is 12.6. The molecular formula is C12H15I2N. The molecule has 0 aliphatic rings. The summed E-state index contributed by atoms with van der Waals surface area (Å²) in [7, 11) is 0. The Morgan fingerprint density at radius 2 is 1.67 bits per heavy atom. The van der Waals surface area contributed by atoms with Gasteiger partial charge in [-0.25, -0.2) is 0 Å². The Kier molecular flexibility index (Phi) is 7.53. The highest BCUT2D eigenvalue weighted by atomic mass is 127. The monoisotopic (exact) mass is 427 g/mol. The zero-order valence-corrected chi connectivity index (χ0v) is 13.5. The smallest absolute Gasteiger partial charge is 0.103 e. The predicted molar refractivity (Wildman–Crippen MR) is 82.6 cm³/mol. The van der Waals surface area contributed by atoms with Gasteiger partial charge in [0.25, 0.3) is 0 Å². The van der Waals surface area contributed by atoms with Crippen LogP contribution < -0.4 is 0 Å². The van der Waals surface area contributed by atoms with E-state index in [4.69, 9.17) is 5.26 Å². The molecule has 0 heterocycles. The Morgan fingerprint density at radius 3 is 1.87 bits per heavy atom. The molecule has 15 heavy (non-hydrogen) atoms. The molecule has 1 nitrogen and oxygen atoms in total. The van der Waals surface area contributed by atoms with Crippen molar-refractivity contribution < 1.29 is 0 Å². The van der Waals surface area contributed by atoms with Gasteiger partial charge in [-0.05, 0) is 26.3 Å². The summed E-state index contributed by atoms with van der Waals surface area (Å²) in [6.07, 6.45) is 0. The van der Waals surface area contributed by atoms with Crippen molar-refractivity contribution >= 4 is 45.2 Å². The first-order valence-electron chi connectivity index (χ1n) is 4.66. The molecular weight excluding hydrogens is 412 g/mol. The van der Waals surface area contributed by atoms with Crippen LogP contribution in [0.15, 0.2) is 30.3 Å². The lowest BCUT2D eigenvalue weighted by atomic mass is 10.2. The second-order valence-corrected chi connectivity index (χ2v) is 8.18. The highest BCUT2D eigenvalue weighted by molar-refractivity contribution is 14.1. The van der Waals surface area contributed by atoms with Crippen molar-refractivity contribution in [1.29, 1.82) is 5.26 Å². The van der Waals surface area contributed by atoms with E-state index in [9.17, 15) is 0 Å². The van der Waals surface area contributed by atoms with Crippen LogP contribution in [0.1, 0.15) is 30.3 Å². The summed E-state index contributed by atoms with van der Waals surface area (Å²) in [5.74, 6) is 0. The number of hydrogen-bond donors (Lipinski definition) is 0. The van der Waals surface area contributed by atoms with E-state index >= 15 is 0 Å². The minimum Gasteiger partial charge on any atom is -0.197 e. The van der Waals surface area contributed by atoms with Crippen molar-refractivity contribution in [2.75, 3.05) is 0 Å². The van der Waals surface area contributed by atoms with Crippen molar-refractivity contribution in [2.24, 2.45) is 0 Å². The lowest BCUT2D eigenvalue weighted by molar-refractivity contribution is 0.959. The van der Waals surface area contributed by atoms with E-state index in [1.54, 1.807) is 0 Å². The third-order valence-corrected chi connectivity index (χ3v) is 2.49. The van der Waals surface area contributed by atoms with Gasteiger partial charge in [-0.1, -0.05) is 75.5 Å². The predicted octanol–water partition coefficient (Wildman–Crippen LogP) is 4.91. The van der Waals surface area contributed by atoms with Crippen molar-refractivity contribution in [2.45, 2.75) is 28.1 Å². The van der Waals surface area contributed by atoms with Gasteiger partial charge in [0.05, 0.1) is 6.07 Å². The van der Waals surface area contributed by atoms with E-state index in [0.29, 0.717) is 3.92 Å². The van der Waals surface area contributed by atoms with Gasteiger partial charge in [-0.2, -0.15) is 5.26 Å². The molecule has 0 amide bonds. The Balaban J connectivity index is 0.000000288. The molecule has 0 bridgehead atoms. The van der Waals surface area contributed by atoms with Crippen molar-refractivity contribution in [3.05, 3.63) is 35.9 Å². The minimum atomic E-state index is -0.183. The molecule has 0 aliphatic heterocycles. The molecule has 0 saturated carbocycles. The van der Waals surface area contributed by atoms with Crippen molar-refractivity contribution in [3.8, 4) is 6.07 Å². The van der Waals surface area contributed by atoms with Gasteiger partial charge >= 0.3 is 0 Å². The first kappa shape index (κ1) is 15.2. The van der Waals surface area contributed by atoms with Gasteiger partial charge in [0.1, 0.15) is 3.42 Å². The van der Waals surface area contributed by atoms with Gasteiger partial charge in [-0.3, -0.25) is 0 Å². The average molecular weight is 427 g/mol. The standard InChI is InChI=1S/C8H9I.C4H6IN/c1-7(9)8-5-3-2-4-6-8;1-4(2,5)3-6/h2-7H,1H3;1-2H3. The molecule has 1 rings (SSSR count). The fourth-order valence-electron chi connectivity index (χ4n) is 0.718. The molecule has 0 fully saturated rings. The first-order valence-corrected chi connectivity index (χ1v) is 6.98. The first-order chi connectivity index (χ1) is 6.87. The van der Waals surface area contributed by atoms with Crippen LogP contribution in [0.4, 0.5) is 0 Å². The van der Waals surface area contributed by atoms with Crippen LogP contribution in [-0.2, 0) is 0 Å². The molecule has 0 saturated heterocycles.